The fraction of sp³-hybridized carbons (Fsp3) is 0.512. The number of amides is 2. The van der Waals surface area contributed by atoms with E-state index in [1.807, 2.05) is 123 Å². The second-order valence-electron chi connectivity index (χ2n) is 30.4. The summed E-state index contributed by atoms with van der Waals surface area (Å²) in [6, 6.07) is 21.7. The second-order valence-corrected chi connectivity index (χ2v) is 35.6. The molecule has 1 fully saturated rings. The molecule has 31 nitrogen and oxygen atoms in total. The Morgan fingerprint density at radius 3 is 1.54 bits per heavy atom. The summed E-state index contributed by atoms with van der Waals surface area (Å²) in [7, 11) is -2.94. The summed E-state index contributed by atoms with van der Waals surface area (Å²) < 4.78 is 60.1. The van der Waals surface area contributed by atoms with E-state index in [1.54, 1.807) is 22.8 Å². The normalized spacial score (nSPS) is 13.6. The molecule has 10 aromatic heterocycles. The van der Waals surface area contributed by atoms with Crippen molar-refractivity contribution in [1.29, 1.82) is 0 Å². The van der Waals surface area contributed by atoms with Crippen LogP contribution >= 0.6 is 58.0 Å². The van der Waals surface area contributed by atoms with Gasteiger partial charge in [-0.3, -0.25) is 39.3 Å². The Morgan fingerprint density at radius 1 is 0.525 bits per heavy atom. The maximum Gasteiger partial charge on any atom is 0.261 e. The van der Waals surface area contributed by atoms with E-state index in [9.17, 15) is 22.2 Å². The minimum absolute atomic E-state index is 0.0644. The van der Waals surface area contributed by atoms with Gasteiger partial charge in [0, 0.05) is 62.4 Å². The Morgan fingerprint density at radius 2 is 1.00 bits per heavy atom. The number of rotatable bonds is 35. The molecular formula is C82H112Cl5N23O8S2. The van der Waals surface area contributed by atoms with Crippen LogP contribution in [0.5, 0.6) is 11.5 Å². The van der Waals surface area contributed by atoms with E-state index in [0.29, 0.717) is 135 Å². The minimum atomic E-state index is -2.94. The SMILES string of the molecule is CCCCCCC(Oc1ccc(C)cc1C)C(=O)NCC(C)c1nc2c(Cl)c(C)[nH]n2n1.CCCCCCCCCCCCC(Oc1ccc(N2CCS(=O)(=O)CC2)cc1)C(=O)NCCc1nnc2c(Cl)c(C)[nH]n12.Cc1[nH]n2c(C)nnc2c1Cl.Cc1[nH]n2c(CCCOS(C)=O)nnc2c1Cl.Cc1ccc(-c2nc3c(Cl)c(C)[nH]n3n2)cc1. The van der Waals surface area contributed by atoms with Gasteiger partial charge in [0.05, 0.1) is 46.6 Å². The molecule has 4 unspecified atom stereocenters. The monoisotopic (exact) mass is 1790 g/mol. The summed E-state index contributed by atoms with van der Waals surface area (Å²) in [5.41, 5.74) is 12.8. The minimum Gasteiger partial charge on any atom is -0.481 e. The molecule has 2 amide bonds. The number of hydrogen-bond donors (Lipinski definition) is 7. The number of ether oxygens (including phenoxy) is 2. The smallest absolute Gasteiger partial charge is 0.261 e. The van der Waals surface area contributed by atoms with Gasteiger partial charge in [-0.1, -0.05) is 203 Å². The molecule has 13 aromatic rings. The Balaban J connectivity index is 0.000000170. The molecule has 11 heterocycles. The first-order valence-corrected chi connectivity index (χ1v) is 46.2. The van der Waals surface area contributed by atoms with Crippen LogP contribution in [0.3, 0.4) is 0 Å². The Kier molecular flexibility index (Phi) is 34.7. The molecule has 1 saturated heterocycles. The summed E-state index contributed by atoms with van der Waals surface area (Å²) in [5, 5.41) is 57.4. The van der Waals surface area contributed by atoms with Crippen molar-refractivity contribution in [2.75, 3.05) is 55.4 Å². The first-order valence-electron chi connectivity index (χ1n) is 41.0. The van der Waals surface area contributed by atoms with Crippen LogP contribution in [0.4, 0.5) is 5.69 Å². The predicted octanol–water partition coefficient (Wildman–Crippen LogP) is 16.5. The summed E-state index contributed by atoms with van der Waals surface area (Å²) in [5.74, 6) is 5.01. The first kappa shape index (κ1) is 93.2. The fourth-order valence-electron chi connectivity index (χ4n) is 13.4. The van der Waals surface area contributed by atoms with Crippen molar-refractivity contribution in [2.45, 2.75) is 223 Å². The molecule has 0 saturated carbocycles. The Bertz CT molecular complexity index is 5610. The number of aromatic amines is 5. The maximum atomic E-state index is 13.3. The highest BCUT2D eigenvalue weighted by Gasteiger charge is 2.27. The first-order chi connectivity index (χ1) is 57.5. The highest BCUT2D eigenvalue weighted by molar-refractivity contribution is 7.91. The predicted molar refractivity (Wildman–Crippen MR) is 474 cm³/mol. The molecule has 120 heavy (non-hydrogen) atoms. The van der Waals surface area contributed by atoms with Gasteiger partial charge in [0.2, 0.25) is 0 Å². The zero-order chi connectivity index (χ0) is 86.3. The van der Waals surface area contributed by atoms with Crippen LogP contribution in [0.1, 0.15) is 204 Å². The van der Waals surface area contributed by atoms with Gasteiger partial charge in [-0.05, 0) is 130 Å². The Hall–Kier alpha value is -9.09. The van der Waals surface area contributed by atoms with Gasteiger partial charge in [0.1, 0.15) is 42.4 Å². The number of nitrogens with zero attached hydrogens (tertiary/aromatic N) is 16. The number of H-pyrrole nitrogens is 5. The molecule has 3 aromatic carbocycles. The lowest BCUT2D eigenvalue weighted by molar-refractivity contribution is -0.129. The van der Waals surface area contributed by atoms with E-state index in [0.717, 1.165) is 108 Å². The van der Waals surface area contributed by atoms with Gasteiger partial charge in [0.15, 0.2) is 84.7 Å². The lowest BCUT2D eigenvalue weighted by Crippen LogP contribution is -2.40. The summed E-state index contributed by atoms with van der Waals surface area (Å²) in [6.07, 6.45) is 20.2. The number of fused-ring (bicyclic) bond motifs is 5. The summed E-state index contributed by atoms with van der Waals surface area (Å²) >= 11 is 29.4. The third kappa shape index (κ3) is 25.5. The van der Waals surface area contributed by atoms with Crippen molar-refractivity contribution in [3.8, 4) is 22.9 Å². The average Bonchev–Trinajstić information content (AvgIpc) is 1.66. The number of carbonyl (C=O) groups excluding carboxylic acids is 2. The van der Waals surface area contributed by atoms with Crippen LogP contribution in [0.2, 0.25) is 25.1 Å². The number of carbonyl (C=O) groups is 2. The van der Waals surface area contributed by atoms with Gasteiger partial charge in [-0.2, -0.15) is 9.26 Å². The summed E-state index contributed by atoms with van der Waals surface area (Å²) in [6.45, 7) is 26.0. The molecular weight excluding hydrogens is 1680 g/mol. The number of aryl methyl sites for hydroxylation is 10. The van der Waals surface area contributed by atoms with Crippen LogP contribution < -0.4 is 25.0 Å². The van der Waals surface area contributed by atoms with Crippen LogP contribution in [0.25, 0.3) is 39.6 Å². The van der Waals surface area contributed by atoms with Crippen LogP contribution in [-0.4, -0.2) is 186 Å². The lowest BCUT2D eigenvalue weighted by atomic mass is 10.0. The molecule has 0 spiro atoms. The largest absolute Gasteiger partial charge is 0.481 e. The third-order valence-electron chi connectivity index (χ3n) is 20.5. The van der Waals surface area contributed by atoms with Crippen LogP contribution in [-0.2, 0) is 47.5 Å². The van der Waals surface area contributed by atoms with E-state index in [4.69, 9.17) is 71.7 Å². The number of unbranched alkanes of at least 4 members (excludes halogenated alkanes) is 12. The molecule has 0 bridgehead atoms. The number of halogens is 5. The van der Waals surface area contributed by atoms with Crippen molar-refractivity contribution < 1.29 is 35.9 Å². The van der Waals surface area contributed by atoms with Gasteiger partial charge in [-0.15, -0.1) is 40.8 Å². The number of aromatic nitrogens is 20. The number of sulfone groups is 1. The van der Waals surface area contributed by atoms with Crippen LogP contribution in [0.15, 0.2) is 66.7 Å². The van der Waals surface area contributed by atoms with Crippen molar-refractivity contribution in [3.05, 3.63) is 160 Å². The number of hydrogen-bond acceptors (Lipinski definition) is 19. The standard InChI is InChI=1S/C31H47ClN6O4S.C24H34ClN5O2.C12H11ClN4.C9H13ClN4O2S.C6H7ClN4/c1-3-4-5-6-7-8-9-10-11-12-13-27(31(39)33-19-18-28-34-35-30-29(32)24(2)36-38(28)30)42-26-16-14-25(15-17-26)37-20-22-43(40,41)23-21-37;1-6-7-8-9-10-20(32-19-12-11-15(2)13-16(19)3)24(31)26-14-17(4)22-27-23-21(25)18(5)28-30(23)29-22;1-7-3-5-9(6-4-7)11-14-12-10(13)8(2)15-17(12)16-11;1-6-8(10)9-12-11-7(14(9)13-6)4-3-5-16-17(2)15;1-3-5(7)6-9-8-4(2)11(6)10-3/h14-17,27,36H,3-13,18-23H2,1-2H3,(H,33,39);11-13,17,20,28H,6-10,14H2,1-5H3,(H,26,31);3-6,15H,1-2H3;13H,3-5H2,1-2H3;10H,1-2H3. The van der Waals surface area contributed by atoms with Gasteiger partial charge in [0.25, 0.3) is 11.8 Å². The number of nitrogens with one attached hydrogen (secondary N) is 7. The molecule has 14 rings (SSSR count). The maximum absolute atomic E-state index is 13.3. The highest BCUT2D eigenvalue weighted by atomic mass is 35.5. The highest BCUT2D eigenvalue weighted by Crippen LogP contribution is 2.30. The van der Waals surface area contributed by atoms with Gasteiger partial charge in [-0.25, -0.2) is 36.1 Å². The average molecular weight is 1790 g/mol. The lowest BCUT2D eigenvalue weighted by Gasteiger charge is -2.29. The van der Waals surface area contributed by atoms with E-state index in [1.165, 1.54) is 68.7 Å². The zero-order valence-corrected chi connectivity index (χ0v) is 76.0. The van der Waals surface area contributed by atoms with E-state index >= 15 is 0 Å². The molecule has 38 heteroatoms. The second kappa shape index (κ2) is 44.6. The van der Waals surface area contributed by atoms with Crippen LogP contribution in [0, 0.1) is 62.3 Å². The van der Waals surface area contributed by atoms with Crippen molar-refractivity contribution in [3.63, 3.8) is 0 Å². The zero-order valence-electron chi connectivity index (χ0n) is 70.6. The quantitative estimate of drug-likeness (QED) is 0.0181. The molecule has 0 radical (unpaired) electrons. The third-order valence-corrected chi connectivity index (χ3v) is 24.8. The number of benzene rings is 3. The van der Waals surface area contributed by atoms with E-state index in [-0.39, 0.29) is 29.2 Å². The molecule has 4 atom stereocenters. The van der Waals surface area contributed by atoms with Crippen molar-refractivity contribution in [1.82, 2.24) is 110 Å². The molecule has 7 N–H and O–H groups in total. The van der Waals surface area contributed by atoms with Gasteiger partial charge >= 0.3 is 0 Å². The van der Waals surface area contributed by atoms with Gasteiger partial charge < -0.3 is 25.0 Å². The van der Waals surface area contributed by atoms with Crippen molar-refractivity contribution >= 4 is 125 Å². The fourth-order valence-corrected chi connectivity index (χ4v) is 15.8. The molecule has 0 aliphatic carbocycles. The van der Waals surface area contributed by atoms with E-state index in [2.05, 4.69) is 119 Å². The summed E-state index contributed by atoms with van der Waals surface area (Å²) in [4.78, 5) is 37.3. The van der Waals surface area contributed by atoms with Crippen molar-refractivity contribution in [2.24, 2.45) is 0 Å². The number of anilines is 1. The molecule has 1 aliphatic rings. The Labute approximate surface area is 727 Å². The van der Waals surface area contributed by atoms with E-state index < -0.39 is 33.1 Å². The molecule has 1 aliphatic heterocycles. The topological polar surface area (TPSA) is 370 Å². The molecule has 650 valence electrons.